The van der Waals surface area contributed by atoms with Crippen LogP contribution in [0, 0.1) is 6.92 Å². The Balaban J connectivity index is 1.68. The van der Waals surface area contributed by atoms with Gasteiger partial charge in [0.25, 0.3) is 5.91 Å². The predicted molar refractivity (Wildman–Crippen MR) is 134 cm³/mol. The van der Waals surface area contributed by atoms with Crippen molar-refractivity contribution in [1.82, 2.24) is 10.2 Å². The number of likely N-dealkylation sites (N-methyl/N-ethyl adjacent to an activating group) is 1. The van der Waals surface area contributed by atoms with Crippen LogP contribution in [-0.2, 0) is 0 Å². The molecular weight excluding hydrogens is 428 g/mol. The molecule has 34 heavy (non-hydrogen) atoms. The van der Waals surface area contributed by atoms with Crippen LogP contribution in [0.1, 0.15) is 27.5 Å². The van der Waals surface area contributed by atoms with Gasteiger partial charge < -0.3 is 19.4 Å². The molecule has 3 aromatic carbocycles. The summed E-state index contributed by atoms with van der Waals surface area (Å²) in [6.07, 6.45) is 0. The molecule has 1 amide bonds. The fourth-order valence-corrected chi connectivity index (χ4v) is 4.09. The maximum absolute atomic E-state index is 13.3. The Hall–Kier alpha value is -3.90. The maximum atomic E-state index is 13.3. The van der Waals surface area contributed by atoms with Crippen molar-refractivity contribution in [2.45, 2.75) is 13.0 Å². The fraction of sp³-hybridized carbons (Fsp3) is 0.214. The molecule has 0 saturated carbocycles. The lowest BCUT2D eigenvalue weighted by atomic mass is 10.0. The fourth-order valence-electron chi connectivity index (χ4n) is 4.09. The van der Waals surface area contributed by atoms with E-state index in [-0.39, 0.29) is 23.0 Å². The SMILES string of the molecule is COc1cccc(C(CNC(=O)c2cccc3c(=O)c(C)c(-c4ccccc4)oc23)N(C)C)c1. The first-order chi connectivity index (χ1) is 16.4. The Morgan fingerprint density at radius 2 is 1.76 bits per heavy atom. The number of hydrogen-bond acceptors (Lipinski definition) is 5. The van der Waals surface area contributed by atoms with Gasteiger partial charge in [0.05, 0.1) is 24.1 Å². The quantitative estimate of drug-likeness (QED) is 0.432. The van der Waals surface area contributed by atoms with E-state index in [0.717, 1.165) is 16.9 Å². The van der Waals surface area contributed by atoms with Gasteiger partial charge in [0.15, 0.2) is 11.0 Å². The lowest BCUT2D eigenvalue weighted by Crippen LogP contribution is -2.34. The van der Waals surface area contributed by atoms with Crippen LogP contribution in [-0.4, -0.2) is 38.6 Å². The van der Waals surface area contributed by atoms with Crippen molar-refractivity contribution in [2.24, 2.45) is 0 Å². The Labute approximate surface area is 198 Å². The van der Waals surface area contributed by atoms with Crippen molar-refractivity contribution in [3.8, 4) is 17.1 Å². The molecule has 0 saturated heterocycles. The standard InChI is InChI=1S/C28H28N2O4/c1-18-25(31)22-14-9-15-23(27(22)34-26(18)19-10-6-5-7-11-19)28(32)29-17-24(30(2)3)20-12-8-13-21(16-20)33-4/h5-16,24H,17H2,1-4H3,(H,29,32). The first kappa shape index (κ1) is 23.3. The normalized spacial score (nSPS) is 12.0. The van der Waals surface area contributed by atoms with Gasteiger partial charge in [-0.2, -0.15) is 0 Å². The molecule has 6 heteroatoms. The third-order valence-electron chi connectivity index (χ3n) is 5.98. The average molecular weight is 457 g/mol. The number of methoxy groups -OCH3 is 1. The number of carbonyl (C=O) groups excluding carboxylic acids is 1. The summed E-state index contributed by atoms with van der Waals surface area (Å²) in [5.74, 6) is 0.933. The van der Waals surface area contributed by atoms with Crippen LogP contribution < -0.4 is 15.5 Å². The van der Waals surface area contributed by atoms with Crippen molar-refractivity contribution < 1.29 is 13.9 Å². The Kier molecular flexibility index (Phi) is 6.80. The number of amides is 1. The number of fused-ring (bicyclic) bond motifs is 1. The maximum Gasteiger partial charge on any atom is 0.255 e. The molecule has 0 spiro atoms. The monoisotopic (exact) mass is 456 g/mol. The molecule has 1 N–H and O–H groups in total. The summed E-state index contributed by atoms with van der Waals surface area (Å²) >= 11 is 0. The number of rotatable bonds is 7. The highest BCUT2D eigenvalue weighted by Crippen LogP contribution is 2.27. The molecule has 1 unspecified atom stereocenters. The minimum atomic E-state index is -0.300. The van der Waals surface area contributed by atoms with Gasteiger partial charge in [-0.05, 0) is 50.8 Å². The van der Waals surface area contributed by atoms with E-state index in [4.69, 9.17) is 9.15 Å². The predicted octanol–water partition coefficient (Wildman–Crippen LogP) is 4.81. The number of para-hydroxylation sites is 1. The second-order valence-electron chi connectivity index (χ2n) is 8.40. The zero-order chi connectivity index (χ0) is 24.2. The molecule has 174 valence electrons. The minimum absolute atomic E-state index is 0.0665. The van der Waals surface area contributed by atoms with Gasteiger partial charge in [-0.15, -0.1) is 0 Å². The smallest absolute Gasteiger partial charge is 0.255 e. The zero-order valence-corrected chi connectivity index (χ0v) is 19.8. The van der Waals surface area contributed by atoms with Crippen molar-refractivity contribution in [3.63, 3.8) is 0 Å². The highest BCUT2D eigenvalue weighted by atomic mass is 16.5. The molecule has 0 aliphatic heterocycles. The minimum Gasteiger partial charge on any atom is -0.497 e. The largest absolute Gasteiger partial charge is 0.497 e. The lowest BCUT2D eigenvalue weighted by molar-refractivity contribution is 0.0942. The van der Waals surface area contributed by atoms with Gasteiger partial charge >= 0.3 is 0 Å². The van der Waals surface area contributed by atoms with Crippen LogP contribution in [0.3, 0.4) is 0 Å². The molecule has 1 heterocycles. The van der Waals surface area contributed by atoms with E-state index in [1.54, 1.807) is 32.2 Å². The van der Waals surface area contributed by atoms with Gasteiger partial charge in [-0.3, -0.25) is 9.59 Å². The Morgan fingerprint density at radius 1 is 1.03 bits per heavy atom. The van der Waals surface area contributed by atoms with Crippen molar-refractivity contribution in [1.29, 1.82) is 0 Å². The summed E-state index contributed by atoms with van der Waals surface area (Å²) in [6.45, 7) is 2.12. The Morgan fingerprint density at radius 3 is 2.47 bits per heavy atom. The van der Waals surface area contributed by atoms with Crippen LogP contribution >= 0.6 is 0 Å². The third kappa shape index (κ3) is 4.58. The first-order valence-electron chi connectivity index (χ1n) is 11.1. The molecule has 4 rings (SSSR count). The molecule has 1 aromatic heterocycles. The summed E-state index contributed by atoms with van der Waals surface area (Å²) in [4.78, 5) is 28.4. The van der Waals surface area contributed by atoms with E-state index in [0.29, 0.717) is 28.8 Å². The van der Waals surface area contributed by atoms with E-state index in [1.807, 2.05) is 73.6 Å². The van der Waals surface area contributed by atoms with Crippen LogP contribution in [0.25, 0.3) is 22.3 Å². The molecule has 1 atom stereocenters. The van der Waals surface area contributed by atoms with E-state index < -0.39 is 0 Å². The van der Waals surface area contributed by atoms with Crippen molar-refractivity contribution >= 4 is 16.9 Å². The number of carbonyl (C=O) groups is 1. The van der Waals surface area contributed by atoms with Gasteiger partial charge in [0.1, 0.15) is 11.5 Å². The van der Waals surface area contributed by atoms with Gasteiger partial charge in [0, 0.05) is 17.7 Å². The first-order valence-corrected chi connectivity index (χ1v) is 11.1. The lowest BCUT2D eigenvalue weighted by Gasteiger charge is -2.25. The molecular formula is C28H28N2O4. The average Bonchev–Trinajstić information content (AvgIpc) is 2.86. The van der Waals surface area contributed by atoms with E-state index in [9.17, 15) is 9.59 Å². The molecule has 0 aliphatic rings. The molecule has 6 nitrogen and oxygen atoms in total. The topological polar surface area (TPSA) is 71.8 Å². The van der Waals surface area contributed by atoms with Crippen LogP contribution in [0.4, 0.5) is 0 Å². The van der Waals surface area contributed by atoms with Crippen LogP contribution in [0.2, 0.25) is 0 Å². The van der Waals surface area contributed by atoms with Crippen LogP contribution in [0.15, 0.2) is 82.0 Å². The molecule has 0 bridgehead atoms. The number of benzene rings is 3. The summed E-state index contributed by atoms with van der Waals surface area (Å²) < 4.78 is 11.5. The molecule has 4 aromatic rings. The molecule has 0 radical (unpaired) electrons. The van der Waals surface area contributed by atoms with Gasteiger partial charge in [0.2, 0.25) is 0 Å². The second kappa shape index (κ2) is 9.93. The molecule has 0 fully saturated rings. The van der Waals surface area contributed by atoms with E-state index in [1.165, 1.54) is 0 Å². The van der Waals surface area contributed by atoms with Gasteiger partial charge in [-0.1, -0.05) is 48.5 Å². The number of nitrogens with one attached hydrogen (secondary N) is 1. The molecule has 0 aliphatic carbocycles. The second-order valence-corrected chi connectivity index (χ2v) is 8.40. The highest BCUT2D eigenvalue weighted by molar-refractivity contribution is 6.05. The Bertz CT molecular complexity index is 1380. The van der Waals surface area contributed by atoms with Crippen molar-refractivity contribution in [2.75, 3.05) is 27.7 Å². The summed E-state index contributed by atoms with van der Waals surface area (Å²) in [6, 6.07) is 22.2. The number of hydrogen-bond donors (Lipinski definition) is 1. The zero-order valence-electron chi connectivity index (χ0n) is 19.8. The van der Waals surface area contributed by atoms with Crippen LogP contribution in [0.5, 0.6) is 5.75 Å². The van der Waals surface area contributed by atoms with Gasteiger partial charge in [-0.25, -0.2) is 0 Å². The van der Waals surface area contributed by atoms with Crippen molar-refractivity contribution in [3.05, 3.63) is 99.7 Å². The summed E-state index contributed by atoms with van der Waals surface area (Å²) in [5, 5.41) is 3.41. The number of nitrogens with zero attached hydrogens (tertiary/aromatic N) is 1. The van der Waals surface area contributed by atoms with E-state index in [2.05, 4.69) is 5.32 Å². The summed E-state index contributed by atoms with van der Waals surface area (Å²) in [7, 11) is 5.55. The van der Waals surface area contributed by atoms with E-state index >= 15 is 0 Å². The highest BCUT2D eigenvalue weighted by Gasteiger charge is 2.20. The summed E-state index contributed by atoms with van der Waals surface area (Å²) in [5.41, 5.74) is 2.81. The third-order valence-corrected chi connectivity index (χ3v) is 5.98. The number of ether oxygens (including phenoxy) is 1.